The van der Waals surface area contributed by atoms with E-state index in [4.69, 9.17) is 19.0 Å². The lowest BCUT2D eigenvalue weighted by atomic mass is 10.2. The Balaban J connectivity index is 2.37. The van der Waals surface area contributed by atoms with Gasteiger partial charge in [-0.1, -0.05) is 19.4 Å². The predicted octanol–water partition coefficient (Wildman–Crippen LogP) is 2.95. The second-order valence-corrected chi connectivity index (χ2v) is 4.90. The molecule has 23 heavy (non-hydrogen) atoms. The highest BCUT2D eigenvalue weighted by Gasteiger charge is 2.18. The van der Waals surface area contributed by atoms with Crippen LogP contribution in [0.1, 0.15) is 26.2 Å². The monoisotopic (exact) mass is 320 g/mol. The number of hydrogen-bond acceptors (Lipinski definition) is 6. The molecular formula is C17H20O6. The molecule has 0 spiro atoms. The molecule has 6 heteroatoms. The first-order valence-electron chi connectivity index (χ1n) is 7.53. The summed E-state index contributed by atoms with van der Waals surface area (Å²) in [4.78, 5) is 11.9. The van der Waals surface area contributed by atoms with Gasteiger partial charge >= 0.3 is 5.63 Å². The average Bonchev–Trinajstić information content (AvgIpc) is 2.55. The molecule has 0 unspecified atom stereocenters. The summed E-state index contributed by atoms with van der Waals surface area (Å²) >= 11 is 0. The van der Waals surface area contributed by atoms with Gasteiger partial charge in [-0.3, -0.25) is 0 Å². The van der Waals surface area contributed by atoms with Crippen LogP contribution in [0.2, 0.25) is 0 Å². The summed E-state index contributed by atoms with van der Waals surface area (Å²) in [7, 11) is 0. The smallest absolute Gasteiger partial charge is 0.383 e. The third-order valence-corrected chi connectivity index (χ3v) is 3.18. The van der Waals surface area contributed by atoms with Crippen LogP contribution in [0.5, 0.6) is 17.2 Å². The Morgan fingerprint density at radius 2 is 2.17 bits per heavy atom. The summed E-state index contributed by atoms with van der Waals surface area (Å²) in [6, 6.07) is 4.78. The summed E-state index contributed by atoms with van der Waals surface area (Å²) in [6.45, 7) is 1.97. The lowest BCUT2D eigenvalue weighted by molar-refractivity contribution is 0.202. The Kier molecular flexibility index (Phi) is 6.05. The quantitative estimate of drug-likeness (QED) is 0.441. The third-order valence-electron chi connectivity index (χ3n) is 3.18. The van der Waals surface area contributed by atoms with Crippen molar-refractivity contribution in [1.29, 1.82) is 0 Å². The Morgan fingerprint density at radius 3 is 2.91 bits per heavy atom. The number of fused-ring (bicyclic) bond motifs is 1. The minimum atomic E-state index is -0.769. The second-order valence-electron chi connectivity index (χ2n) is 4.90. The van der Waals surface area contributed by atoms with Gasteiger partial charge in [0.25, 0.3) is 5.75 Å². The fourth-order valence-corrected chi connectivity index (χ4v) is 2.07. The molecule has 0 saturated heterocycles. The number of aromatic hydroxyl groups is 1. The predicted molar refractivity (Wildman–Crippen MR) is 86.0 cm³/mol. The first-order chi connectivity index (χ1) is 11.2. The highest BCUT2D eigenvalue weighted by atomic mass is 16.5. The van der Waals surface area contributed by atoms with Gasteiger partial charge in [-0.05, 0) is 31.1 Å². The Morgan fingerprint density at radius 1 is 1.35 bits per heavy atom. The van der Waals surface area contributed by atoms with Crippen LogP contribution in [0, 0.1) is 0 Å². The molecule has 0 atom stereocenters. The van der Waals surface area contributed by atoms with E-state index in [0.29, 0.717) is 5.75 Å². The molecule has 0 aliphatic carbocycles. The second kappa shape index (κ2) is 8.24. The van der Waals surface area contributed by atoms with Crippen LogP contribution < -0.4 is 15.1 Å². The first kappa shape index (κ1) is 16.9. The molecular weight excluding hydrogens is 300 g/mol. The number of hydrogen-bond donors (Lipinski definition) is 2. The van der Waals surface area contributed by atoms with E-state index >= 15 is 0 Å². The number of benzene rings is 1. The van der Waals surface area contributed by atoms with Gasteiger partial charge < -0.3 is 24.1 Å². The number of unbranched alkanes of at least 4 members (excludes halogenated alkanes) is 2. The van der Waals surface area contributed by atoms with Crippen molar-refractivity contribution in [2.75, 3.05) is 13.2 Å². The van der Waals surface area contributed by atoms with Crippen LogP contribution >= 0.6 is 0 Å². The molecule has 124 valence electrons. The minimum Gasteiger partial charge on any atom is -0.503 e. The van der Waals surface area contributed by atoms with Crippen LogP contribution in [0.25, 0.3) is 11.0 Å². The zero-order valence-electron chi connectivity index (χ0n) is 12.9. The molecule has 1 aromatic carbocycles. The summed E-state index contributed by atoms with van der Waals surface area (Å²) in [5, 5.41) is 19.4. The van der Waals surface area contributed by atoms with Crippen molar-refractivity contribution >= 4 is 11.0 Å². The third kappa shape index (κ3) is 4.04. The van der Waals surface area contributed by atoms with Gasteiger partial charge in [-0.2, -0.15) is 0 Å². The molecule has 1 aromatic heterocycles. The summed E-state index contributed by atoms with van der Waals surface area (Å²) in [5.74, 6) is -0.326. The molecule has 0 bridgehead atoms. The van der Waals surface area contributed by atoms with Crippen molar-refractivity contribution in [1.82, 2.24) is 0 Å². The summed E-state index contributed by atoms with van der Waals surface area (Å²) in [5.41, 5.74) is -0.584. The van der Waals surface area contributed by atoms with Gasteiger partial charge in [0.05, 0.1) is 12.9 Å². The number of aliphatic hydroxyl groups excluding tert-OH is 1. The van der Waals surface area contributed by atoms with Crippen LogP contribution in [0.15, 0.2) is 39.7 Å². The minimum absolute atomic E-state index is 0.0603. The largest absolute Gasteiger partial charge is 0.503 e. The van der Waals surface area contributed by atoms with Gasteiger partial charge in [-0.15, -0.1) is 0 Å². The summed E-state index contributed by atoms with van der Waals surface area (Å²) in [6.07, 6.45) is 6.03. The van der Waals surface area contributed by atoms with E-state index in [1.165, 1.54) is 6.26 Å². The SMILES string of the molecule is CCCC/C=C/Oc1c(O)c2c(OCCO)cccc2oc1=O. The van der Waals surface area contributed by atoms with E-state index in [1.54, 1.807) is 24.3 Å². The van der Waals surface area contributed by atoms with Crippen molar-refractivity contribution in [3.63, 3.8) is 0 Å². The van der Waals surface area contributed by atoms with Crippen LogP contribution in [-0.2, 0) is 0 Å². The van der Waals surface area contributed by atoms with Crippen LogP contribution in [0.3, 0.4) is 0 Å². The highest BCUT2D eigenvalue weighted by molar-refractivity contribution is 5.91. The molecule has 0 fully saturated rings. The van der Waals surface area contributed by atoms with Gasteiger partial charge in [0.2, 0.25) is 0 Å². The van der Waals surface area contributed by atoms with Crippen molar-refractivity contribution in [3.05, 3.63) is 41.0 Å². The van der Waals surface area contributed by atoms with E-state index in [0.717, 1.165) is 19.3 Å². The van der Waals surface area contributed by atoms with Gasteiger partial charge in [0, 0.05) is 0 Å². The van der Waals surface area contributed by atoms with Gasteiger partial charge in [0.15, 0.2) is 5.75 Å². The van der Waals surface area contributed by atoms with Crippen LogP contribution in [0.4, 0.5) is 0 Å². The Labute approximate surface area is 133 Å². The molecule has 2 aromatic rings. The van der Waals surface area contributed by atoms with E-state index in [2.05, 4.69) is 6.92 Å². The van der Waals surface area contributed by atoms with Crippen LogP contribution in [-0.4, -0.2) is 23.4 Å². The maximum absolute atomic E-state index is 11.9. The maximum Gasteiger partial charge on any atom is 0.383 e. The molecule has 0 aliphatic rings. The van der Waals surface area contributed by atoms with E-state index in [9.17, 15) is 9.90 Å². The summed E-state index contributed by atoms with van der Waals surface area (Å²) < 4.78 is 15.8. The first-order valence-corrected chi connectivity index (χ1v) is 7.53. The molecule has 2 rings (SSSR count). The van der Waals surface area contributed by atoms with E-state index < -0.39 is 5.63 Å². The molecule has 1 heterocycles. The fourth-order valence-electron chi connectivity index (χ4n) is 2.07. The molecule has 0 aliphatic heterocycles. The Bertz CT molecular complexity index is 732. The van der Waals surface area contributed by atoms with Crippen molar-refractivity contribution in [3.8, 4) is 17.2 Å². The molecule has 6 nitrogen and oxygen atoms in total. The molecule has 0 amide bonds. The zero-order chi connectivity index (χ0) is 16.7. The maximum atomic E-state index is 11.9. The van der Waals surface area contributed by atoms with Crippen molar-refractivity contribution < 1.29 is 24.1 Å². The number of ether oxygens (including phenoxy) is 2. The Hall–Kier alpha value is -2.47. The topological polar surface area (TPSA) is 89.1 Å². The highest BCUT2D eigenvalue weighted by Crippen LogP contribution is 2.37. The lowest BCUT2D eigenvalue weighted by Gasteiger charge is -2.10. The van der Waals surface area contributed by atoms with E-state index in [-0.39, 0.29) is 35.7 Å². The number of rotatable bonds is 8. The van der Waals surface area contributed by atoms with Gasteiger partial charge in [-0.25, -0.2) is 4.79 Å². The van der Waals surface area contributed by atoms with Gasteiger partial charge in [0.1, 0.15) is 23.3 Å². The van der Waals surface area contributed by atoms with Crippen molar-refractivity contribution in [2.24, 2.45) is 0 Å². The lowest BCUT2D eigenvalue weighted by Crippen LogP contribution is -2.06. The average molecular weight is 320 g/mol. The number of aliphatic hydroxyl groups is 1. The fraction of sp³-hybridized carbons (Fsp3) is 0.353. The standard InChI is InChI=1S/C17H20O6/c1-2-3-4-5-10-22-16-15(19)14-12(21-11-9-18)7-6-8-13(14)23-17(16)20/h5-8,10,18-19H,2-4,9,11H2,1H3/b10-5+. The van der Waals surface area contributed by atoms with Crippen molar-refractivity contribution in [2.45, 2.75) is 26.2 Å². The normalized spacial score (nSPS) is 11.2. The number of allylic oxidation sites excluding steroid dienone is 1. The molecule has 0 saturated carbocycles. The zero-order valence-corrected chi connectivity index (χ0v) is 12.9. The van der Waals surface area contributed by atoms with E-state index in [1.807, 2.05) is 0 Å². The molecule has 0 radical (unpaired) electrons. The molecule has 2 N–H and O–H groups in total.